The molecule has 1 aromatic carbocycles. The predicted octanol–water partition coefficient (Wildman–Crippen LogP) is 2.24. The zero-order chi connectivity index (χ0) is 14.7. The molecule has 0 aliphatic carbocycles. The molecule has 0 aliphatic heterocycles. The van der Waals surface area contributed by atoms with Crippen LogP contribution in [0, 0.1) is 17.5 Å². The van der Waals surface area contributed by atoms with Crippen molar-refractivity contribution < 1.29 is 23.1 Å². The number of amides is 1. The van der Waals surface area contributed by atoms with Crippen molar-refractivity contribution in [2.24, 2.45) is 0 Å². The molecule has 20 heavy (non-hydrogen) atoms. The molecule has 0 bridgehead atoms. The molecule has 0 aliphatic rings. The fraction of sp³-hybridized carbons (Fsp3) is 0.0769. The first-order valence-electron chi connectivity index (χ1n) is 5.54. The number of pyridine rings is 1. The number of hydrogen-bond donors (Lipinski definition) is 2. The summed E-state index contributed by atoms with van der Waals surface area (Å²) in [6.45, 7) is -0.330. The molecule has 7 heteroatoms. The SMILES string of the molecule is O=C(Nc1cccc(CO)n1)c1ccc(F)c(F)c1F. The van der Waals surface area contributed by atoms with E-state index in [2.05, 4.69) is 10.3 Å². The number of benzene rings is 1. The Balaban J connectivity index is 2.26. The summed E-state index contributed by atoms with van der Waals surface area (Å²) in [7, 11) is 0. The number of carbonyl (C=O) groups is 1. The van der Waals surface area contributed by atoms with Gasteiger partial charge in [0.2, 0.25) is 0 Å². The summed E-state index contributed by atoms with van der Waals surface area (Å²) in [6.07, 6.45) is 0. The molecule has 0 spiro atoms. The van der Waals surface area contributed by atoms with Gasteiger partial charge in [-0.25, -0.2) is 18.2 Å². The molecule has 0 saturated heterocycles. The van der Waals surface area contributed by atoms with E-state index in [9.17, 15) is 18.0 Å². The second-order valence-corrected chi connectivity index (χ2v) is 3.85. The second kappa shape index (κ2) is 5.70. The van der Waals surface area contributed by atoms with Gasteiger partial charge in [-0.3, -0.25) is 4.79 Å². The monoisotopic (exact) mass is 282 g/mol. The Morgan fingerprint density at radius 1 is 1.15 bits per heavy atom. The van der Waals surface area contributed by atoms with Gasteiger partial charge < -0.3 is 10.4 Å². The van der Waals surface area contributed by atoms with Crippen LogP contribution in [0.1, 0.15) is 16.1 Å². The summed E-state index contributed by atoms with van der Waals surface area (Å²) < 4.78 is 39.2. The number of hydrogen-bond acceptors (Lipinski definition) is 3. The molecule has 1 amide bonds. The van der Waals surface area contributed by atoms with E-state index in [4.69, 9.17) is 5.11 Å². The second-order valence-electron chi connectivity index (χ2n) is 3.85. The summed E-state index contributed by atoms with van der Waals surface area (Å²) in [5.41, 5.74) is -0.339. The van der Waals surface area contributed by atoms with Crippen LogP contribution < -0.4 is 5.32 Å². The molecule has 104 valence electrons. The van der Waals surface area contributed by atoms with Crippen LogP contribution in [0.15, 0.2) is 30.3 Å². The Bertz CT molecular complexity index is 662. The van der Waals surface area contributed by atoms with Gasteiger partial charge in [-0.1, -0.05) is 6.07 Å². The fourth-order valence-corrected chi connectivity index (χ4v) is 1.52. The van der Waals surface area contributed by atoms with Crippen molar-refractivity contribution in [3.63, 3.8) is 0 Å². The van der Waals surface area contributed by atoms with Crippen molar-refractivity contribution in [2.45, 2.75) is 6.61 Å². The molecule has 0 unspecified atom stereocenters. The minimum atomic E-state index is -1.71. The third-order valence-corrected chi connectivity index (χ3v) is 2.49. The first kappa shape index (κ1) is 14.0. The summed E-state index contributed by atoms with van der Waals surface area (Å²) >= 11 is 0. The third kappa shape index (κ3) is 2.77. The van der Waals surface area contributed by atoms with Gasteiger partial charge in [0, 0.05) is 0 Å². The highest BCUT2D eigenvalue weighted by Crippen LogP contribution is 2.16. The summed E-state index contributed by atoms with van der Waals surface area (Å²) in [5, 5.41) is 11.1. The van der Waals surface area contributed by atoms with Gasteiger partial charge in [-0.2, -0.15) is 0 Å². The number of aromatic nitrogens is 1. The van der Waals surface area contributed by atoms with Gasteiger partial charge in [-0.15, -0.1) is 0 Å². The molecule has 1 aromatic heterocycles. The van der Waals surface area contributed by atoms with Crippen molar-refractivity contribution >= 4 is 11.7 Å². The first-order chi connectivity index (χ1) is 9.52. The zero-order valence-electron chi connectivity index (χ0n) is 10.0. The van der Waals surface area contributed by atoms with Crippen LogP contribution in [0.25, 0.3) is 0 Å². The maximum atomic E-state index is 13.4. The molecule has 2 aromatic rings. The van der Waals surface area contributed by atoms with E-state index in [0.717, 1.165) is 6.07 Å². The quantitative estimate of drug-likeness (QED) is 0.849. The molecule has 4 nitrogen and oxygen atoms in total. The van der Waals surface area contributed by atoms with Gasteiger partial charge in [0.1, 0.15) is 5.82 Å². The number of nitrogens with one attached hydrogen (secondary N) is 1. The predicted molar refractivity (Wildman–Crippen MR) is 64.4 cm³/mol. The molecular weight excluding hydrogens is 273 g/mol. The number of anilines is 1. The minimum Gasteiger partial charge on any atom is -0.390 e. The van der Waals surface area contributed by atoms with E-state index in [1.165, 1.54) is 18.2 Å². The first-order valence-corrected chi connectivity index (χ1v) is 5.54. The Morgan fingerprint density at radius 3 is 2.60 bits per heavy atom. The lowest BCUT2D eigenvalue weighted by molar-refractivity contribution is 0.102. The fourth-order valence-electron chi connectivity index (χ4n) is 1.52. The van der Waals surface area contributed by atoms with Crippen molar-refractivity contribution in [1.82, 2.24) is 4.98 Å². The molecule has 2 N–H and O–H groups in total. The van der Waals surface area contributed by atoms with Crippen LogP contribution >= 0.6 is 0 Å². The van der Waals surface area contributed by atoms with E-state index < -0.39 is 28.9 Å². The number of nitrogens with zero attached hydrogens (tertiary/aromatic N) is 1. The maximum absolute atomic E-state index is 13.4. The lowest BCUT2D eigenvalue weighted by atomic mass is 10.2. The lowest BCUT2D eigenvalue weighted by Crippen LogP contribution is -2.16. The van der Waals surface area contributed by atoms with Crippen molar-refractivity contribution in [1.29, 1.82) is 0 Å². The van der Waals surface area contributed by atoms with Gasteiger partial charge >= 0.3 is 0 Å². The van der Waals surface area contributed by atoms with Crippen molar-refractivity contribution in [3.05, 3.63) is 59.0 Å². The van der Waals surface area contributed by atoms with Gasteiger partial charge in [0.05, 0.1) is 17.9 Å². The van der Waals surface area contributed by atoms with Crippen LogP contribution in [-0.2, 0) is 6.61 Å². The lowest BCUT2D eigenvalue weighted by Gasteiger charge is -2.07. The third-order valence-electron chi connectivity index (χ3n) is 2.49. The zero-order valence-corrected chi connectivity index (χ0v) is 10.0. The topological polar surface area (TPSA) is 62.2 Å². The highest BCUT2D eigenvalue weighted by Gasteiger charge is 2.19. The highest BCUT2D eigenvalue weighted by molar-refractivity contribution is 6.03. The number of carbonyl (C=O) groups excluding carboxylic acids is 1. The standard InChI is InChI=1S/C13H9F3N2O2/c14-9-5-4-8(11(15)12(9)16)13(20)18-10-3-1-2-7(6-19)17-10/h1-5,19H,6H2,(H,17,18,20). The Kier molecular flexibility index (Phi) is 3.99. The Hall–Kier alpha value is -2.41. The van der Waals surface area contributed by atoms with Crippen LogP contribution in [0.4, 0.5) is 19.0 Å². The number of rotatable bonds is 3. The van der Waals surface area contributed by atoms with Crippen molar-refractivity contribution in [2.75, 3.05) is 5.32 Å². The smallest absolute Gasteiger partial charge is 0.259 e. The summed E-state index contributed by atoms with van der Waals surface area (Å²) in [5.74, 6) is -5.57. The molecule has 0 atom stereocenters. The van der Waals surface area contributed by atoms with Gasteiger partial charge in [-0.05, 0) is 24.3 Å². The number of aliphatic hydroxyl groups is 1. The van der Waals surface area contributed by atoms with Crippen LogP contribution in [0.2, 0.25) is 0 Å². The van der Waals surface area contributed by atoms with Gasteiger partial charge in [0.25, 0.3) is 5.91 Å². The highest BCUT2D eigenvalue weighted by atomic mass is 19.2. The minimum absolute atomic E-state index is 0.0608. The van der Waals surface area contributed by atoms with E-state index in [-0.39, 0.29) is 12.4 Å². The molecule has 0 fully saturated rings. The van der Waals surface area contributed by atoms with Gasteiger partial charge in [0.15, 0.2) is 17.5 Å². The molecule has 0 saturated carbocycles. The number of aliphatic hydroxyl groups excluding tert-OH is 1. The van der Waals surface area contributed by atoms with Crippen LogP contribution in [0.3, 0.4) is 0 Å². The average molecular weight is 282 g/mol. The summed E-state index contributed by atoms with van der Waals surface area (Å²) in [4.78, 5) is 15.6. The van der Waals surface area contributed by atoms with E-state index in [0.29, 0.717) is 11.8 Å². The van der Waals surface area contributed by atoms with E-state index in [1.807, 2.05) is 0 Å². The Morgan fingerprint density at radius 2 is 1.90 bits per heavy atom. The molecule has 1 heterocycles. The average Bonchev–Trinajstić information content (AvgIpc) is 2.45. The Labute approximate surface area is 111 Å². The largest absolute Gasteiger partial charge is 0.390 e. The molecule has 0 radical (unpaired) electrons. The summed E-state index contributed by atoms with van der Waals surface area (Å²) in [6, 6.07) is 5.95. The van der Waals surface area contributed by atoms with Crippen molar-refractivity contribution in [3.8, 4) is 0 Å². The molecular formula is C13H9F3N2O2. The maximum Gasteiger partial charge on any atom is 0.259 e. The van der Waals surface area contributed by atoms with Crippen LogP contribution in [-0.4, -0.2) is 16.0 Å². The van der Waals surface area contributed by atoms with E-state index in [1.54, 1.807) is 0 Å². The van der Waals surface area contributed by atoms with E-state index >= 15 is 0 Å². The number of halogens is 3. The van der Waals surface area contributed by atoms with Crippen LogP contribution in [0.5, 0.6) is 0 Å². The molecule has 2 rings (SSSR count). The normalized spacial score (nSPS) is 10.4.